The Balaban J connectivity index is 1.82. The summed E-state index contributed by atoms with van der Waals surface area (Å²) >= 11 is 0. The second kappa shape index (κ2) is 7.85. The van der Waals surface area contributed by atoms with Crippen LogP contribution in [0.3, 0.4) is 0 Å². The average Bonchev–Trinajstić information content (AvgIpc) is 2.76. The largest absolute Gasteiger partial charge is 0.493 e. The molecule has 2 aromatic carbocycles. The Hall–Kier alpha value is -3.12. The molecule has 0 aromatic heterocycles. The van der Waals surface area contributed by atoms with Gasteiger partial charge in [0.05, 0.1) is 26.6 Å². The van der Waals surface area contributed by atoms with Gasteiger partial charge in [-0.25, -0.2) is 0 Å². The first-order chi connectivity index (χ1) is 14.7. The lowest BCUT2D eigenvalue weighted by Gasteiger charge is -2.46. The Morgan fingerprint density at radius 2 is 1.58 bits per heavy atom. The van der Waals surface area contributed by atoms with Gasteiger partial charge in [-0.15, -0.1) is 0 Å². The van der Waals surface area contributed by atoms with E-state index in [1.54, 1.807) is 26.4 Å². The van der Waals surface area contributed by atoms with Crippen LogP contribution in [0.2, 0.25) is 0 Å². The average molecular weight is 421 g/mol. The van der Waals surface area contributed by atoms with E-state index in [9.17, 15) is 9.59 Å². The van der Waals surface area contributed by atoms with E-state index >= 15 is 0 Å². The molecule has 0 saturated carbocycles. The van der Waals surface area contributed by atoms with Crippen LogP contribution in [-0.4, -0.2) is 54.3 Å². The molecule has 0 amide bonds. The van der Waals surface area contributed by atoms with Crippen LogP contribution in [0.15, 0.2) is 48.0 Å². The van der Waals surface area contributed by atoms with Gasteiger partial charge in [0.25, 0.3) is 0 Å². The van der Waals surface area contributed by atoms with Crippen molar-refractivity contribution in [3.8, 4) is 11.5 Å². The minimum absolute atomic E-state index is 0.158. The Morgan fingerprint density at radius 3 is 2.23 bits per heavy atom. The maximum atomic E-state index is 13.1. The zero-order valence-electron chi connectivity index (χ0n) is 18.7. The number of ether oxygens (including phenoxy) is 2. The number of methoxy groups -OCH3 is 2. The zero-order chi connectivity index (χ0) is 22.3. The molecule has 1 heterocycles. The first-order valence-corrected chi connectivity index (χ1v) is 10.4. The number of hydrogen-bond donors (Lipinski definition) is 0. The number of rotatable bonds is 4. The summed E-state index contributed by atoms with van der Waals surface area (Å²) in [5.41, 5.74) is 3.61. The number of hydrogen-bond acceptors (Lipinski definition) is 6. The van der Waals surface area contributed by atoms with Crippen molar-refractivity contribution in [3.05, 3.63) is 64.7 Å². The van der Waals surface area contributed by atoms with E-state index in [1.165, 1.54) is 0 Å². The van der Waals surface area contributed by atoms with E-state index < -0.39 is 11.6 Å². The molecule has 2 aromatic rings. The maximum Gasteiger partial charge on any atom is 0.233 e. The van der Waals surface area contributed by atoms with Crippen LogP contribution < -0.4 is 9.47 Å². The summed E-state index contributed by atoms with van der Waals surface area (Å²) in [6.07, 6.45) is 0. The van der Waals surface area contributed by atoms with Gasteiger partial charge in [0, 0.05) is 35.3 Å². The molecule has 0 atom stereocenters. The molecule has 0 unspecified atom stereocenters. The smallest absolute Gasteiger partial charge is 0.233 e. The second-order valence-corrected chi connectivity index (χ2v) is 8.93. The molecular weight excluding hydrogens is 392 g/mol. The van der Waals surface area contributed by atoms with Crippen LogP contribution in [0.5, 0.6) is 11.5 Å². The quantitative estimate of drug-likeness (QED) is 0.702. The van der Waals surface area contributed by atoms with Gasteiger partial charge in [-0.2, -0.15) is 0 Å². The lowest BCUT2D eigenvalue weighted by Crippen LogP contribution is -2.53. The Kier molecular flexibility index (Phi) is 5.35. The molecule has 162 valence electrons. The summed E-state index contributed by atoms with van der Waals surface area (Å²) in [6, 6.07) is 13.2. The minimum Gasteiger partial charge on any atom is -0.493 e. The third kappa shape index (κ3) is 3.72. The molecule has 0 radical (unpaired) electrons. The topological polar surface area (TPSA) is 59.1 Å². The van der Waals surface area contributed by atoms with Gasteiger partial charge in [-0.1, -0.05) is 30.3 Å². The fraction of sp³-hybridized carbons (Fsp3) is 0.360. The van der Waals surface area contributed by atoms with Crippen molar-refractivity contribution in [2.45, 2.75) is 32.9 Å². The molecule has 0 N–H and O–H groups in total. The van der Waals surface area contributed by atoms with Crippen molar-refractivity contribution in [3.63, 3.8) is 0 Å². The van der Waals surface area contributed by atoms with Crippen LogP contribution in [0, 0.1) is 0 Å². The summed E-state index contributed by atoms with van der Waals surface area (Å²) in [7, 11) is 3.23. The first kappa shape index (κ1) is 21.1. The number of benzene rings is 2. The Bertz CT molecular complexity index is 1080. The molecule has 0 fully saturated rings. The van der Waals surface area contributed by atoms with Crippen LogP contribution in [-0.2, 0) is 11.3 Å². The molecule has 0 spiro atoms. The summed E-state index contributed by atoms with van der Waals surface area (Å²) in [6.45, 7) is 8.04. The van der Waals surface area contributed by atoms with E-state index in [0.29, 0.717) is 42.4 Å². The van der Waals surface area contributed by atoms with Crippen molar-refractivity contribution in [2.75, 3.05) is 27.4 Å². The third-order valence-corrected chi connectivity index (χ3v) is 5.97. The van der Waals surface area contributed by atoms with E-state index in [0.717, 1.165) is 16.8 Å². The van der Waals surface area contributed by atoms with E-state index in [2.05, 4.69) is 30.6 Å². The van der Waals surface area contributed by atoms with Crippen LogP contribution in [0.1, 0.15) is 42.3 Å². The monoisotopic (exact) mass is 420 g/mol. The molecule has 6 heteroatoms. The SMILES string of the molecule is COc1ccc(CN2CN(C(C)(C)C)CC3=C2c2ccccc2C(=O)C3=O)cc1OC. The van der Waals surface area contributed by atoms with Crippen molar-refractivity contribution in [1.29, 1.82) is 0 Å². The van der Waals surface area contributed by atoms with Gasteiger partial charge in [-0.3, -0.25) is 14.5 Å². The molecule has 0 saturated heterocycles. The fourth-order valence-electron chi connectivity index (χ4n) is 4.22. The van der Waals surface area contributed by atoms with E-state index in [4.69, 9.17) is 9.47 Å². The number of nitrogens with zero attached hydrogens (tertiary/aromatic N) is 2. The van der Waals surface area contributed by atoms with Gasteiger partial charge in [-0.05, 0) is 38.5 Å². The number of carbonyl (C=O) groups excluding carboxylic acids is 2. The molecule has 2 aliphatic rings. The van der Waals surface area contributed by atoms with Gasteiger partial charge in [0.15, 0.2) is 11.5 Å². The van der Waals surface area contributed by atoms with E-state index in [1.807, 2.05) is 30.3 Å². The molecule has 4 rings (SSSR count). The molecule has 0 bridgehead atoms. The number of Topliss-reactive ketones (excluding diaryl/α,β-unsaturated/α-hetero) is 2. The summed E-state index contributed by atoms with van der Waals surface area (Å²) < 4.78 is 10.8. The predicted molar refractivity (Wildman–Crippen MR) is 119 cm³/mol. The highest BCUT2D eigenvalue weighted by Crippen LogP contribution is 2.38. The van der Waals surface area contributed by atoms with Crippen LogP contribution in [0.25, 0.3) is 5.70 Å². The fourth-order valence-corrected chi connectivity index (χ4v) is 4.22. The Morgan fingerprint density at radius 1 is 0.903 bits per heavy atom. The van der Waals surface area contributed by atoms with Crippen molar-refractivity contribution < 1.29 is 19.1 Å². The van der Waals surface area contributed by atoms with Crippen LogP contribution in [0.4, 0.5) is 0 Å². The molecule has 31 heavy (non-hydrogen) atoms. The van der Waals surface area contributed by atoms with Gasteiger partial charge in [0.1, 0.15) is 0 Å². The lowest BCUT2D eigenvalue weighted by molar-refractivity contribution is -0.112. The second-order valence-electron chi connectivity index (χ2n) is 8.93. The van der Waals surface area contributed by atoms with Gasteiger partial charge < -0.3 is 14.4 Å². The zero-order valence-corrected chi connectivity index (χ0v) is 18.7. The van der Waals surface area contributed by atoms with Crippen LogP contribution >= 0.6 is 0 Å². The molecule has 1 aliphatic carbocycles. The molecule has 1 aliphatic heterocycles. The van der Waals surface area contributed by atoms with Gasteiger partial charge >= 0.3 is 0 Å². The first-order valence-electron chi connectivity index (χ1n) is 10.4. The van der Waals surface area contributed by atoms with Crippen molar-refractivity contribution in [1.82, 2.24) is 9.80 Å². The van der Waals surface area contributed by atoms with Crippen molar-refractivity contribution >= 4 is 17.3 Å². The number of carbonyl (C=O) groups is 2. The summed E-state index contributed by atoms with van der Waals surface area (Å²) in [4.78, 5) is 30.3. The summed E-state index contributed by atoms with van der Waals surface area (Å²) in [5, 5.41) is 0. The number of ketones is 2. The highest BCUT2D eigenvalue weighted by Gasteiger charge is 2.40. The maximum absolute atomic E-state index is 13.1. The van der Waals surface area contributed by atoms with E-state index in [-0.39, 0.29) is 5.54 Å². The molecular formula is C25H28N2O4. The highest BCUT2D eigenvalue weighted by atomic mass is 16.5. The van der Waals surface area contributed by atoms with Gasteiger partial charge in [0.2, 0.25) is 11.6 Å². The standard InChI is InChI=1S/C25H28N2O4/c1-25(2,3)27-14-19-22(17-8-6-7-9-18(17)23(28)24(19)29)26(15-27)13-16-10-11-20(30-4)21(12-16)31-5/h6-12H,13-15H2,1-5H3. The minimum atomic E-state index is -0.420. The summed E-state index contributed by atoms with van der Waals surface area (Å²) in [5.74, 6) is 0.509. The number of fused-ring (bicyclic) bond motifs is 2. The predicted octanol–water partition coefficient (Wildman–Crippen LogP) is 3.75. The Labute approximate surface area is 183 Å². The normalized spacial score (nSPS) is 16.9. The molecule has 6 nitrogen and oxygen atoms in total. The van der Waals surface area contributed by atoms with Crippen molar-refractivity contribution in [2.24, 2.45) is 0 Å². The third-order valence-electron chi connectivity index (χ3n) is 5.97. The highest BCUT2D eigenvalue weighted by molar-refractivity contribution is 6.52. The lowest BCUT2D eigenvalue weighted by atomic mass is 9.84.